The van der Waals surface area contributed by atoms with E-state index in [0.29, 0.717) is 0 Å². The van der Waals surface area contributed by atoms with Crippen LogP contribution in [0.2, 0.25) is 0 Å². The monoisotopic (exact) mass is 279 g/mol. The maximum atomic E-state index is 12.2. The van der Waals surface area contributed by atoms with Crippen molar-refractivity contribution in [2.24, 2.45) is 4.99 Å². The minimum absolute atomic E-state index is 0.178. The molecule has 1 unspecified atom stereocenters. The van der Waals surface area contributed by atoms with Gasteiger partial charge in [0.1, 0.15) is 5.38 Å². The number of hydrogen-bond donors (Lipinski definition) is 0. The van der Waals surface area contributed by atoms with Gasteiger partial charge in [-0.15, -0.1) is 29.8 Å². The van der Waals surface area contributed by atoms with Crippen LogP contribution in [0.5, 0.6) is 0 Å². The molecule has 0 radical (unpaired) electrons. The fraction of sp³-hybridized carbons (Fsp3) is 0.636. The van der Waals surface area contributed by atoms with Crippen molar-refractivity contribution in [3.8, 4) is 0 Å². The van der Waals surface area contributed by atoms with Gasteiger partial charge < -0.3 is 9.47 Å². The fourth-order valence-electron chi connectivity index (χ4n) is 2.17. The van der Waals surface area contributed by atoms with Crippen molar-refractivity contribution in [1.29, 1.82) is 0 Å². The van der Waals surface area contributed by atoms with Crippen LogP contribution in [-0.2, 0) is 14.3 Å². The maximum Gasteiger partial charge on any atom is 0.236 e. The van der Waals surface area contributed by atoms with Crippen LogP contribution < -0.4 is 0 Å². The summed E-state index contributed by atoms with van der Waals surface area (Å²) in [7, 11) is 4.32. The third-order valence-electron chi connectivity index (χ3n) is 2.96. The van der Waals surface area contributed by atoms with E-state index in [-0.39, 0.29) is 17.9 Å². The van der Waals surface area contributed by atoms with E-state index in [1.54, 1.807) is 0 Å². The molecule has 0 heterocycles. The Morgan fingerprint density at radius 2 is 2.06 bits per heavy atom. The number of allylic oxidation sites excluding steroid dienone is 1. The zero-order chi connectivity index (χ0) is 13.3. The van der Waals surface area contributed by atoms with E-state index in [9.17, 15) is 4.79 Å². The Kier molecular flexibility index (Phi) is 4.36. The number of methoxy groups -OCH3 is 2. The van der Waals surface area contributed by atoms with E-state index < -0.39 is 16.0 Å². The molecule has 2 atom stereocenters. The van der Waals surface area contributed by atoms with Gasteiger partial charge in [0.15, 0.2) is 10.7 Å². The fourth-order valence-corrected chi connectivity index (χ4v) is 3.12. The van der Waals surface area contributed by atoms with Crippen molar-refractivity contribution in [2.45, 2.75) is 22.5 Å². The van der Waals surface area contributed by atoms with E-state index in [1.165, 1.54) is 27.3 Å². The quantitative estimate of drug-likeness (QED) is 0.448. The summed E-state index contributed by atoms with van der Waals surface area (Å²) in [4.78, 5) is 14.7. The average Bonchev–Trinajstić information content (AvgIpc) is 2.48. The molecule has 17 heavy (non-hydrogen) atoms. The molecule has 0 aromatic carbocycles. The van der Waals surface area contributed by atoms with Crippen LogP contribution in [0.25, 0.3) is 0 Å². The van der Waals surface area contributed by atoms with Crippen LogP contribution in [0, 0.1) is 0 Å². The lowest BCUT2D eigenvalue weighted by Gasteiger charge is -2.37. The number of ether oxygens (including phenoxy) is 2. The molecule has 1 fully saturated rings. The summed E-state index contributed by atoms with van der Waals surface area (Å²) < 4.78 is 10.6. The highest BCUT2D eigenvalue weighted by molar-refractivity contribution is 6.56. The van der Waals surface area contributed by atoms with Gasteiger partial charge >= 0.3 is 0 Å². The number of Topliss-reactive ketones (excluding diaryl/α,β-unsaturated/α-hetero) is 1. The smallest absolute Gasteiger partial charge is 0.236 e. The maximum absolute atomic E-state index is 12.2. The van der Waals surface area contributed by atoms with Crippen LogP contribution >= 0.6 is 23.2 Å². The molecule has 0 N–H and O–H groups in total. The van der Waals surface area contributed by atoms with Gasteiger partial charge in [-0.3, -0.25) is 9.79 Å². The molecule has 0 aliphatic heterocycles. The number of alkyl halides is 2. The SMILES string of the molecule is C=CC[C@@]1(Cl)C(=O)C(Cl)C(=NC)C1(OC)OC. The second kappa shape index (κ2) is 5.06. The Bertz CT molecular complexity index is 366. The van der Waals surface area contributed by atoms with Gasteiger partial charge in [0.2, 0.25) is 5.79 Å². The van der Waals surface area contributed by atoms with E-state index in [4.69, 9.17) is 32.7 Å². The first kappa shape index (κ1) is 14.6. The van der Waals surface area contributed by atoms with Crippen LogP contribution in [-0.4, -0.2) is 48.8 Å². The molecule has 1 saturated carbocycles. The van der Waals surface area contributed by atoms with Crippen LogP contribution in [0.3, 0.4) is 0 Å². The zero-order valence-corrected chi connectivity index (χ0v) is 11.5. The van der Waals surface area contributed by atoms with Crippen molar-refractivity contribution >= 4 is 34.7 Å². The molecule has 0 aromatic heterocycles. The average molecular weight is 280 g/mol. The molecule has 0 amide bonds. The molecule has 1 aliphatic rings. The molecule has 6 heteroatoms. The zero-order valence-electron chi connectivity index (χ0n) is 10.00. The molecule has 96 valence electrons. The predicted octanol–water partition coefficient (Wildman–Crippen LogP) is 1.79. The van der Waals surface area contributed by atoms with Crippen molar-refractivity contribution in [3.63, 3.8) is 0 Å². The highest BCUT2D eigenvalue weighted by Gasteiger charge is 2.68. The number of carbonyl (C=O) groups excluding carboxylic acids is 1. The first-order valence-electron chi connectivity index (χ1n) is 5.00. The Labute approximate surface area is 111 Å². The highest BCUT2D eigenvalue weighted by Crippen LogP contribution is 2.47. The second-order valence-electron chi connectivity index (χ2n) is 3.65. The van der Waals surface area contributed by atoms with Gasteiger partial charge in [-0.25, -0.2) is 0 Å². The molecule has 0 bridgehead atoms. The van der Waals surface area contributed by atoms with Crippen LogP contribution in [0.4, 0.5) is 0 Å². The number of hydrogen-bond acceptors (Lipinski definition) is 4. The van der Waals surface area contributed by atoms with E-state index in [2.05, 4.69) is 11.6 Å². The van der Waals surface area contributed by atoms with Gasteiger partial charge in [-0.1, -0.05) is 6.08 Å². The van der Waals surface area contributed by atoms with Gasteiger partial charge in [-0.2, -0.15) is 0 Å². The number of rotatable bonds is 4. The summed E-state index contributed by atoms with van der Waals surface area (Å²) in [6, 6.07) is 0. The molecular weight excluding hydrogens is 265 g/mol. The standard InChI is InChI=1S/C11H15Cl2NO3/c1-5-6-10(13)9(15)7(12)8(14-2)11(10,16-3)17-4/h5,7H,1,6H2,2-4H3/t7?,10-/m1/s1. The first-order chi connectivity index (χ1) is 7.95. The molecule has 0 spiro atoms. The largest absolute Gasteiger partial charge is 0.347 e. The Morgan fingerprint density at radius 1 is 1.53 bits per heavy atom. The van der Waals surface area contributed by atoms with Crippen molar-refractivity contribution in [1.82, 2.24) is 0 Å². The summed E-state index contributed by atoms with van der Waals surface area (Å²) in [5, 5.41) is -0.947. The van der Waals surface area contributed by atoms with Gasteiger partial charge in [0, 0.05) is 21.3 Å². The Morgan fingerprint density at radius 3 is 2.41 bits per heavy atom. The van der Waals surface area contributed by atoms with Crippen molar-refractivity contribution in [3.05, 3.63) is 12.7 Å². The summed E-state index contributed by atoms with van der Waals surface area (Å²) >= 11 is 12.4. The number of ketones is 1. The summed E-state index contributed by atoms with van der Waals surface area (Å²) in [5.74, 6) is -1.83. The Balaban J connectivity index is 3.46. The molecule has 4 nitrogen and oxygen atoms in total. The van der Waals surface area contributed by atoms with E-state index >= 15 is 0 Å². The van der Waals surface area contributed by atoms with Gasteiger partial charge in [-0.05, 0) is 6.42 Å². The lowest BCUT2D eigenvalue weighted by atomic mass is 9.95. The van der Waals surface area contributed by atoms with Crippen LogP contribution in [0.1, 0.15) is 6.42 Å². The third-order valence-corrected chi connectivity index (χ3v) is 3.96. The van der Waals surface area contributed by atoms with Gasteiger partial charge in [0.25, 0.3) is 0 Å². The first-order valence-corrected chi connectivity index (χ1v) is 5.82. The summed E-state index contributed by atoms with van der Waals surface area (Å²) in [6.07, 6.45) is 1.71. The van der Waals surface area contributed by atoms with E-state index in [1.807, 2.05) is 0 Å². The second-order valence-corrected chi connectivity index (χ2v) is 4.74. The molecular formula is C11H15Cl2NO3. The lowest BCUT2D eigenvalue weighted by molar-refractivity contribution is -0.174. The van der Waals surface area contributed by atoms with Crippen molar-refractivity contribution in [2.75, 3.05) is 21.3 Å². The summed E-state index contributed by atoms with van der Waals surface area (Å²) in [6.45, 7) is 3.58. The van der Waals surface area contributed by atoms with E-state index in [0.717, 1.165) is 0 Å². The third kappa shape index (κ3) is 1.74. The Hall–Kier alpha value is -0.420. The predicted molar refractivity (Wildman–Crippen MR) is 68.2 cm³/mol. The van der Waals surface area contributed by atoms with Crippen molar-refractivity contribution < 1.29 is 14.3 Å². The molecule has 0 saturated heterocycles. The summed E-state index contributed by atoms with van der Waals surface area (Å²) in [5.41, 5.74) is 0.283. The minimum atomic E-state index is -1.44. The molecule has 1 aliphatic carbocycles. The number of nitrogens with zero attached hydrogens (tertiary/aromatic N) is 1. The number of halogens is 2. The topological polar surface area (TPSA) is 47.9 Å². The molecule has 0 aromatic rings. The van der Waals surface area contributed by atoms with Crippen LogP contribution in [0.15, 0.2) is 17.6 Å². The number of aliphatic imine (C=N–C) groups is 1. The normalized spacial score (nSPS) is 34.3. The lowest BCUT2D eigenvalue weighted by Crippen LogP contribution is -2.55. The minimum Gasteiger partial charge on any atom is -0.347 e. The highest BCUT2D eigenvalue weighted by atomic mass is 35.5. The number of carbonyl (C=O) groups is 1. The molecule has 1 rings (SSSR count). The van der Waals surface area contributed by atoms with Gasteiger partial charge in [0.05, 0.1) is 5.71 Å².